The summed E-state index contributed by atoms with van der Waals surface area (Å²) in [6, 6.07) is 0. The van der Waals surface area contributed by atoms with E-state index in [0.29, 0.717) is 0 Å². The van der Waals surface area contributed by atoms with E-state index in [1.165, 1.54) is 0 Å². The Balaban J connectivity index is 2.98. The molecule has 15 heavy (non-hydrogen) atoms. The topological polar surface area (TPSA) is 107 Å². The Morgan fingerprint density at radius 1 is 1.53 bits per heavy atom. The van der Waals surface area contributed by atoms with Gasteiger partial charge in [-0.05, 0) is 6.92 Å². The van der Waals surface area contributed by atoms with Crippen molar-refractivity contribution in [3.8, 4) is 0 Å². The van der Waals surface area contributed by atoms with Gasteiger partial charge in [-0.25, -0.2) is 0 Å². The molecule has 0 radical (unpaired) electrons. The van der Waals surface area contributed by atoms with Crippen LogP contribution in [0.25, 0.3) is 0 Å². The molecule has 7 heteroatoms. The molecular formula is C8H13ClO6. The highest BCUT2D eigenvalue weighted by molar-refractivity contribution is 6.22. The molecule has 88 valence electrons. The zero-order valence-corrected chi connectivity index (χ0v) is 8.76. The quantitative estimate of drug-likeness (QED) is 0.415. The average molecular weight is 241 g/mol. The molecule has 0 unspecified atom stereocenters. The number of alkyl halides is 1. The molecule has 1 aliphatic heterocycles. The second kappa shape index (κ2) is 4.32. The number of rotatable bonds is 2. The molecule has 0 aromatic rings. The predicted octanol–water partition coefficient (Wildman–Crippen LogP) is -2.02. The summed E-state index contributed by atoms with van der Waals surface area (Å²) in [5.41, 5.74) is -3.86. The van der Waals surface area contributed by atoms with Crippen molar-refractivity contribution in [3.63, 3.8) is 0 Å². The standard InChI is InChI=1S/C8H13ClO6/c1-3(11)8(14)6(13)5(12)4(2-10)15-7(8)9/h4-7,10,12-14H,2H2,1H3/t4-,5-,6+,7+,8-/m1/s1. The fourth-order valence-corrected chi connectivity index (χ4v) is 1.87. The van der Waals surface area contributed by atoms with Crippen LogP contribution in [0.2, 0.25) is 0 Å². The van der Waals surface area contributed by atoms with Gasteiger partial charge in [-0.15, -0.1) is 0 Å². The highest BCUT2D eigenvalue weighted by atomic mass is 35.5. The van der Waals surface area contributed by atoms with Gasteiger partial charge in [0, 0.05) is 0 Å². The van der Waals surface area contributed by atoms with Crippen LogP contribution in [0.4, 0.5) is 0 Å². The van der Waals surface area contributed by atoms with E-state index in [2.05, 4.69) is 0 Å². The van der Waals surface area contributed by atoms with Crippen molar-refractivity contribution in [2.45, 2.75) is 36.4 Å². The van der Waals surface area contributed by atoms with Crippen LogP contribution in [-0.2, 0) is 9.53 Å². The van der Waals surface area contributed by atoms with E-state index in [4.69, 9.17) is 21.4 Å². The van der Waals surface area contributed by atoms with Crippen LogP contribution in [-0.4, -0.2) is 62.3 Å². The maximum absolute atomic E-state index is 11.1. The molecule has 1 aliphatic rings. The Labute approximate surface area is 91.0 Å². The van der Waals surface area contributed by atoms with E-state index < -0.39 is 41.9 Å². The number of ketones is 1. The van der Waals surface area contributed by atoms with E-state index in [0.717, 1.165) is 6.92 Å². The summed E-state index contributed by atoms with van der Waals surface area (Å²) in [4.78, 5) is 11.1. The molecule has 0 saturated carbocycles. The number of hydrogen-bond donors (Lipinski definition) is 4. The van der Waals surface area contributed by atoms with Crippen LogP contribution < -0.4 is 0 Å². The zero-order chi connectivity index (χ0) is 11.8. The van der Waals surface area contributed by atoms with E-state index in [1.807, 2.05) is 0 Å². The molecule has 1 rings (SSSR count). The van der Waals surface area contributed by atoms with Crippen LogP contribution in [0, 0.1) is 0 Å². The van der Waals surface area contributed by atoms with E-state index >= 15 is 0 Å². The number of halogens is 1. The SMILES string of the molecule is CC(=O)[C@]1(O)[C@@H](Cl)O[C@H](CO)[C@@H](O)[C@@H]1O. The van der Waals surface area contributed by atoms with Crippen molar-refractivity contribution >= 4 is 17.4 Å². The number of aliphatic hydroxyl groups excluding tert-OH is 3. The molecule has 1 fully saturated rings. The molecule has 0 bridgehead atoms. The van der Waals surface area contributed by atoms with Crippen molar-refractivity contribution < 1.29 is 30.0 Å². The van der Waals surface area contributed by atoms with Gasteiger partial charge >= 0.3 is 0 Å². The minimum atomic E-state index is -2.35. The fourth-order valence-electron chi connectivity index (χ4n) is 1.45. The Kier molecular flexibility index (Phi) is 3.70. The maximum atomic E-state index is 11.1. The Morgan fingerprint density at radius 2 is 2.07 bits per heavy atom. The summed E-state index contributed by atoms with van der Waals surface area (Å²) in [6.45, 7) is 0.448. The van der Waals surface area contributed by atoms with Crippen LogP contribution in [0.5, 0.6) is 0 Å². The van der Waals surface area contributed by atoms with Gasteiger partial charge < -0.3 is 25.2 Å². The molecule has 6 nitrogen and oxygen atoms in total. The minimum absolute atomic E-state index is 0.574. The lowest BCUT2D eigenvalue weighted by Gasteiger charge is -2.44. The molecule has 0 aromatic heterocycles. The third kappa shape index (κ3) is 1.89. The van der Waals surface area contributed by atoms with Gasteiger partial charge in [0.1, 0.15) is 18.3 Å². The molecule has 1 saturated heterocycles. The summed E-state index contributed by atoms with van der Waals surface area (Å²) in [7, 11) is 0. The van der Waals surface area contributed by atoms with Crippen molar-refractivity contribution in [2.24, 2.45) is 0 Å². The number of carbonyl (C=O) groups is 1. The molecule has 0 aliphatic carbocycles. The summed E-state index contributed by atoms with van der Waals surface area (Å²) in [6.07, 6.45) is -4.48. The maximum Gasteiger partial charge on any atom is 0.191 e. The van der Waals surface area contributed by atoms with Crippen molar-refractivity contribution in [2.75, 3.05) is 6.61 Å². The highest BCUT2D eigenvalue weighted by Gasteiger charge is 2.57. The first-order valence-corrected chi connectivity index (χ1v) is 4.79. The van der Waals surface area contributed by atoms with Gasteiger partial charge in [-0.3, -0.25) is 4.79 Å². The number of aliphatic hydroxyl groups is 4. The van der Waals surface area contributed by atoms with E-state index in [9.17, 15) is 20.1 Å². The van der Waals surface area contributed by atoms with Crippen LogP contribution in [0.3, 0.4) is 0 Å². The van der Waals surface area contributed by atoms with Gasteiger partial charge in [0.25, 0.3) is 0 Å². The van der Waals surface area contributed by atoms with E-state index in [1.54, 1.807) is 0 Å². The third-order valence-electron chi connectivity index (χ3n) is 2.54. The molecule has 0 spiro atoms. The predicted molar refractivity (Wildman–Crippen MR) is 49.2 cm³/mol. The summed E-state index contributed by atoms with van der Waals surface area (Å²) < 4.78 is 4.83. The largest absolute Gasteiger partial charge is 0.394 e. The Hall–Kier alpha value is -0.240. The molecule has 0 aromatic carbocycles. The summed E-state index contributed by atoms with van der Waals surface area (Å²) in [5.74, 6) is -0.814. The molecule has 1 heterocycles. The van der Waals surface area contributed by atoms with Crippen molar-refractivity contribution in [3.05, 3.63) is 0 Å². The van der Waals surface area contributed by atoms with Gasteiger partial charge in [-0.1, -0.05) is 11.6 Å². The van der Waals surface area contributed by atoms with Gasteiger partial charge in [0.05, 0.1) is 6.61 Å². The highest BCUT2D eigenvalue weighted by Crippen LogP contribution is 2.32. The average Bonchev–Trinajstić information content (AvgIpc) is 2.20. The monoisotopic (exact) mass is 240 g/mol. The van der Waals surface area contributed by atoms with Crippen LogP contribution >= 0.6 is 11.6 Å². The van der Waals surface area contributed by atoms with Gasteiger partial charge in [-0.2, -0.15) is 0 Å². The first-order valence-electron chi connectivity index (χ1n) is 4.35. The number of ether oxygens (including phenoxy) is 1. The van der Waals surface area contributed by atoms with Gasteiger partial charge in [0.15, 0.2) is 16.9 Å². The second-order valence-electron chi connectivity index (χ2n) is 3.49. The lowest BCUT2D eigenvalue weighted by atomic mass is 9.85. The molecule has 0 amide bonds. The van der Waals surface area contributed by atoms with Crippen molar-refractivity contribution in [1.82, 2.24) is 0 Å². The first kappa shape index (κ1) is 12.8. The zero-order valence-electron chi connectivity index (χ0n) is 8.00. The van der Waals surface area contributed by atoms with Crippen LogP contribution in [0.1, 0.15) is 6.92 Å². The number of Topliss-reactive ketones (excluding diaryl/α,β-unsaturated/α-hetero) is 1. The summed E-state index contributed by atoms with van der Waals surface area (Å²) >= 11 is 5.58. The fraction of sp³-hybridized carbons (Fsp3) is 0.875. The molecule has 4 N–H and O–H groups in total. The lowest BCUT2D eigenvalue weighted by molar-refractivity contribution is -0.245. The number of carbonyl (C=O) groups excluding carboxylic acids is 1. The first-order chi connectivity index (χ1) is 6.85. The Morgan fingerprint density at radius 3 is 2.47 bits per heavy atom. The Bertz CT molecular complexity index is 260. The van der Waals surface area contributed by atoms with E-state index in [-0.39, 0.29) is 0 Å². The normalized spacial score (nSPS) is 46.5. The molecule has 5 atom stereocenters. The summed E-state index contributed by atoms with van der Waals surface area (Å²) in [5, 5.41) is 37.5. The molecular weight excluding hydrogens is 228 g/mol. The second-order valence-corrected chi connectivity index (χ2v) is 3.89. The smallest absolute Gasteiger partial charge is 0.191 e. The minimum Gasteiger partial charge on any atom is -0.394 e. The van der Waals surface area contributed by atoms with Crippen LogP contribution in [0.15, 0.2) is 0 Å². The lowest BCUT2D eigenvalue weighted by Crippen LogP contribution is -2.68. The third-order valence-corrected chi connectivity index (χ3v) is 2.98. The number of hydrogen-bond acceptors (Lipinski definition) is 6. The van der Waals surface area contributed by atoms with Gasteiger partial charge in [0.2, 0.25) is 0 Å². The van der Waals surface area contributed by atoms with Crippen molar-refractivity contribution in [1.29, 1.82) is 0 Å².